The molecule has 2 amide bonds. The second kappa shape index (κ2) is 5.27. The first-order valence-corrected chi connectivity index (χ1v) is 9.13. The fraction of sp³-hybridized carbons (Fsp3) is 0.286. The van der Waals surface area contributed by atoms with E-state index in [0.717, 1.165) is 11.3 Å². The van der Waals surface area contributed by atoms with E-state index in [1.807, 2.05) is 48.5 Å². The number of hydrogen-bond acceptors (Lipinski definition) is 5. The van der Waals surface area contributed by atoms with Crippen LogP contribution in [0.4, 0.5) is 5.69 Å². The minimum atomic E-state index is -0.491. The van der Waals surface area contributed by atoms with Crippen molar-refractivity contribution in [1.82, 2.24) is 0 Å². The minimum absolute atomic E-state index is 0.119. The van der Waals surface area contributed by atoms with E-state index in [-0.39, 0.29) is 29.9 Å². The Morgan fingerprint density at radius 1 is 0.741 bits per heavy atom. The Kier molecular flexibility index (Phi) is 2.95. The molecule has 0 N–H and O–H groups in total. The lowest BCUT2D eigenvalue weighted by atomic mass is 9.71. The number of fused-ring (bicyclic) bond motifs is 8. The van der Waals surface area contributed by atoms with Crippen LogP contribution in [0.3, 0.4) is 0 Å². The van der Waals surface area contributed by atoms with E-state index < -0.39 is 17.9 Å². The molecule has 6 heteroatoms. The van der Waals surface area contributed by atoms with Gasteiger partial charge in [-0.25, -0.2) is 4.90 Å². The van der Waals surface area contributed by atoms with Crippen LogP contribution in [0.1, 0.15) is 5.56 Å². The molecule has 2 aromatic rings. The van der Waals surface area contributed by atoms with E-state index in [1.54, 1.807) is 12.1 Å². The zero-order valence-corrected chi connectivity index (χ0v) is 14.3. The van der Waals surface area contributed by atoms with Crippen molar-refractivity contribution in [1.29, 1.82) is 0 Å². The number of rotatable bonds is 2. The van der Waals surface area contributed by atoms with Crippen LogP contribution < -0.4 is 4.90 Å². The maximum atomic E-state index is 13.2. The number of amides is 2. The monoisotopic (exact) mass is 360 g/mol. The van der Waals surface area contributed by atoms with Gasteiger partial charge in [-0.3, -0.25) is 9.59 Å². The highest BCUT2D eigenvalue weighted by Crippen LogP contribution is 2.55. The van der Waals surface area contributed by atoms with Crippen LogP contribution >= 0.6 is 0 Å². The highest BCUT2D eigenvalue weighted by atomic mass is 16.7. The van der Waals surface area contributed by atoms with Crippen LogP contribution in [0, 0.1) is 17.8 Å². The Morgan fingerprint density at radius 3 is 2.07 bits per heavy atom. The molecule has 6 rings (SSSR count). The van der Waals surface area contributed by atoms with Crippen LogP contribution in [0.2, 0.25) is 0 Å². The third kappa shape index (κ3) is 1.85. The minimum Gasteiger partial charge on any atom is -0.389 e. The molecule has 6 atom stereocenters. The molecule has 2 bridgehead atoms. The maximum Gasteiger partial charge on any atom is 0.240 e. The summed E-state index contributed by atoms with van der Waals surface area (Å²) in [5.41, 5.74) is 2.39. The molecule has 2 aromatic carbocycles. The first kappa shape index (κ1) is 15.1. The van der Waals surface area contributed by atoms with E-state index >= 15 is 0 Å². The summed E-state index contributed by atoms with van der Waals surface area (Å²) in [7, 11) is 0. The van der Waals surface area contributed by atoms with Crippen molar-refractivity contribution in [3.05, 3.63) is 66.2 Å². The number of benzene rings is 2. The highest BCUT2D eigenvalue weighted by molar-refractivity contribution is 6.23. The fourth-order valence-corrected chi connectivity index (χ4v) is 5.04. The Hall–Kier alpha value is -2.99. The predicted molar refractivity (Wildman–Crippen MR) is 95.9 cm³/mol. The second-order valence-corrected chi connectivity index (χ2v) is 7.40. The third-order valence-corrected chi connectivity index (χ3v) is 6.12. The van der Waals surface area contributed by atoms with Gasteiger partial charge in [0, 0.05) is 0 Å². The van der Waals surface area contributed by atoms with Gasteiger partial charge < -0.3 is 9.57 Å². The van der Waals surface area contributed by atoms with Crippen molar-refractivity contribution in [3.8, 4) is 0 Å². The maximum absolute atomic E-state index is 13.2. The van der Waals surface area contributed by atoms with Gasteiger partial charge in [-0.2, -0.15) is 0 Å². The van der Waals surface area contributed by atoms with Crippen molar-refractivity contribution in [2.75, 3.05) is 4.90 Å². The highest BCUT2D eigenvalue weighted by Gasteiger charge is 2.72. The molecule has 134 valence electrons. The molecule has 0 saturated carbocycles. The molecule has 0 aromatic heterocycles. The summed E-state index contributed by atoms with van der Waals surface area (Å²) in [5.74, 6) is -1.46. The Balaban J connectivity index is 1.38. The van der Waals surface area contributed by atoms with Crippen LogP contribution in [0.15, 0.2) is 65.8 Å². The van der Waals surface area contributed by atoms with E-state index in [0.29, 0.717) is 5.69 Å². The molecule has 0 spiro atoms. The molecule has 3 saturated heterocycles. The van der Waals surface area contributed by atoms with E-state index in [1.165, 1.54) is 4.90 Å². The molecular weight excluding hydrogens is 344 g/mol. The van der Waals surface area contributed by atoms with Gasteiger partial charge in [0.25, 0.3) is 0 Å². The molecule has 0 aliphatic carbocycles. The van der Waals surface area contributed by atoms with Crippen molar-refractivity contribution in [2.24, 2.45) is 22.9 Å². The van der Waals surface area contributed by atoms with E-state index in [9.17, 15) is 9.59 Å². The van der Waals surface area contributed by atoms with Crippen LogP contribution in [0.5, 0.6) is 0 Å². The van der Waals surface area contributed by atoms with Gasteiger partial charge in [0.05, 0.1) is 35.3 Å². The number of ether oxygens (including phenoxy) is 1. The summed E-state index contributed by atoms with van der Waals surface area (Å²) >= 11 is 0. The molecule has 27 heavy (non-hydrogen) atoms. The molecule has 4 heterocycles. The summed E-state index contributed by atoms with van der Waals surface area (Å²) in [6.07, 6.45) is -1.12. The number of imide groups is 1. The standard InChI is InChI=1S/C21H16N2O4/c24-20-13-14(21(25)23(20)12-9-5-2-6-10-12)18-19-15(17(13)26-18)16(22-27-19)11-7-3-1-4-8-11/h1-10,13-15,17-19H. The quantitative estimate of drug-likeness (QED) is 0.768. The van der Waals surface area contributed by atoms with Gasteiger partial charge in [0.1, 0.15) is 6.10 Å². The fourth-order valence-electron chi connectivity index (χ4n) is 5.04. The molecule has 6 nitrogen and oxygen atoms in total. The summed E-state index contributed by atoms with van der Waals surface area (Å²) in [4.78, 5) is 33.2. The average molecular weight is 360 g/mol. The van der Waals surface area contributed by atoms with Crippen LogP contribution in [-0.2, 0) is 19.2 Å². The zero-order chi connectivity index (χ0) is 18.1. The smallest absolute Gasteiger partial charge is 0.240 e. The van der Waals surface area contributed by atoms with Gasteiger partial charge in [-0.15, -0.1) is 0 Å². The second-order valence-electron chi connectivity index (χ2n) is 7.40. The van der Waals surface area contributed by atoms with Crippen LogP contribution in [0.25, 0.3) is 0 Å². The lowest BCUT2D eigenvalue weighted by molar-refractivity contribution is -0.125. The lowest BCUT2D eigenvalue weighted by Crippen LogP contribution is -2.45. The number of hydrogen-bond donors (Lipinski definition) is 0. The number of nitrogens with zero attached hydrogens (tertiary/aromatic N) is 2. The number of carbonyl (C=O) groups is 2. The zero-order valence-electron chi connectivity index (χ0n) is 14.3. The number of anilines is 1. The largest absolute Gasteiger partial charge is 0.389 e. The molecule has 4 aliphatic rings. The van der Waals surface area contributed by atoms with Gasteiger partial charge in [0.2, 0.25) is 11.8 Å². The molecular formula is C21H16N2O4. The van der Waals surface area contributed by atoms with Gasteiger partial charge in [-0.1, -0.05) is 53.7 Å². The first-order chi connectivity index (χ1) is 13.3. The van der Waals surface area contributed by atoms with Crippen molar-refractivity contribution < 1.29 is 19.2 Å². The summed E-state index contributed by atoms with van der Waals surface area (Å²) in [6.45, 7) is 0. The van der Waals surface area contributed by atoms with Crippen LogP contribution in [-0.4, -0.2) is 35.8 Å². The van der Waals surface area contributed by atoms with Gasteiger partial charge in [-0.05, 0) is 17.7 Å². The lowest BCUT2D eigenvalue weighted by Gasteiger charge is -2.26. The summed E-state index contributed by atoms with van der Waals surface area (Å²) in [6, 6.07) is 18.9. The Morgan fingerprint density at radius 2 is 1.37 bits per heavy atom. The third-order valence-electron chi connectivity index (χ3n) is 6.12. The Bertz CT molecular complexity index is 974. The van der Waals surface area contributed by atoms with Gasteiger partial charge >= 0.3 is 0 Å². The molecule has 3 fully saturated rings. The molecule has 6 unspecified atom stereocenters. The van der Waals surface area contributed by atoms with Crippen molar-refractivity contribution >= 4 is 23.2 Å². The van der Waals surface area contributed by atoms with E-state index in [2.05, 4.69) is 5.16 Å². The number of para-hydroxylation sites is 1. The number of carbonyl (C=O) groups excluding carboxylic acids is 2. The molecule has 0 radical (unpaired) electrons. The van der Waals surface area contributed by atoms with Crippen molar-refractivity contribution in [3.63, 3.8) is 0 Å². The predicted octanol–water partition coefficient (Wildman–Crippen LogP) is 1.99. The molecule has 4 aliphatic heterocycles. The Labute approximate surface area is 155 Å². The summed E-state index contributed by atoms with van der Waals surface area (Å²) < 4.78 is 6.11. The SMILES string of the molecule is O=C1C2C3OC(C4C(c5ccccc5)=NOC34)C2C(=O)N1c1ccccc1. The normalized spacial score (nSPS) is 35.9. The topological polar surface area (TPSA) is 68.2 Å². The summed E-state index contributed by atoms with van der Waals surface area (Å²) in [5, 5.41) is 4.29. The van der Waals surface area contributed by atoms with E-state index in [4.69, 9.17) is 9.57 Å². The first-order valence-electron chi connectivity index (χ1n) is 9.13. The van der Waals surface area contributed by atoms with Gasteiger partial charge in [0.15, 0.2) is 6.10 Å². The number of oxime groups is 1. The average Bonchev–Trinajstić information content (AvgIpc) is 3.43. The van der Waals surface area contributed by atoms with Crippen molar-refractivity contribution in [2.45, 2.75) is 18.3 Å².